The Morgan fingerprint density at radius 2 is 1.74 bits per heavy atom. The largest absolute Gasteiger partial charge is 0.497 e. The topological polar surface area (TPSA) is 96.0 Å². The molecule has 0 aliphatic carbocycles. The highest BCUT2D eigenvalue weighted by atomic mass is 32.2. The van der Waals surface area contributed by atoms with Crippen LogP contribution in [0.15, 0.2) is 48.5 Å². The number of nitrogens with one attached hydrogen (secondary N) is 1. The van der Waals surface area contributed by atoms with Crippen LogP contribution in [0.1, 0.15) is 44.7 Å². The first kappa shape index (κ1) is 27.2. The summed E-state index contributed by atoms with van der Waals surface area (Å²) in [5.74, 6) is -0.116. The first-order chi connectivity index (χ1) is 16.0. The second kappa shape index (κ2) is 11.9. The molecule has 0 bridgehead atoms. The number of nitrogens with zero attached hydrogens (tertiary/aromatic N) is 2. The molecule has 1 atom stereocenters. The Kier molecular flexibility index (Phi) is 9.49. The molecule has 0 aromatic heterocycles. The van der Waals surface area contributed by atoms with Crippen molar-refractivity contribution in [1.29, 1.82) is 0 Å². The van der Waals surface area contributed by atoms with Gasteiger partial charge in [0.2, 0.25) is 21.8 Å². The van der Waals surface area contributed by atoms with Gasteiger partial charge in [0, 0.05) is 13.1 Å². The van der Waals surface area contributed by atoms with Gasteiger partial charge in [-0.1, -0.05) is 44.2 Å². The van der Waals surface area contributed by atoms with Gasteiger partial charge in [0.1, 0.15) is 18.3 Å². The van der Waals surface area contributed by atoms with Crippen LogP contribution in [0.2, 0.25) is 0 Å². The summed E-state index contributed by atoms with van der Waals surface area (Å²) in [5.41, 5.74) is 2.04. The fraction of sp³-hybridized carbons (Fsp3) is 0.440. The number of methoxy groups -OCH3 is 1. The molecule has 0 fully saturated rings. The maximum absolute atomic E-state index is 13.6. The zero-order valence-electron chi connectivity index (χ0n) is 20.7. The van der Waals surface area contributed by atoms with Crippen molar-refractivity contribution in [1.82, 2.24) is 10.2 Å². The third-order valence-corrected chi connectivity index (χ3v) is 6.64. The van der Waals surface area contributed by atoms with Crippen LogP contribution < -0.4 is 14.4 Å². The summed E-state index contributed by atoms with van der Waals surface area (Å²) >= 11 is 0. The molecule has 1 N–H and O–H groups in total. The molecule has 0 saturated carbocycles. The number of para-hydroxylation sites is 1. The minimum absolute atomic E-state index is 0.0534. The third kappa shape index (κ3) is 6.96. The van der Waals surface area contributed by atoms with E-state index in [4.69, 9.17) is 4.74 Å². The number of hydrogen-bond donors (Lipinski definition) is 1. The Morgan fingerprint density at radius 1 is 1.06 bits per heavy atom. The molecule has 0 aliphatic heterocycles. The minimum atomic E-state index is -3.78. The first-order valence-corrected chi connectivity index (χ1v) is 13.1. The summed E-state index contributed by atoms with van der Waals surface area (Å²) in [6.45, 7) is 7.49. The van der Waals surface area contributed by atoms with Gasteiger partial charge >= 0.3 is 0 Å². The molecule has 1 unspecified atom stereocenters. The number of hydrogen-bond acceptors (Lipinski definition) is 5. The highest BCUT2D eigenvalue weighted by molar-refractivity contribution is 7.92. The summed E-state index contributed by atoms with van der Waals surface area (Å²) in [6, 6.07) is 13.5. The average molecular weight is 490 g/mol. The first-order valence-electron chi connectivity index (χ1n) is 11.3. The lowest BCUT2D eigenvalue weighted by Gasteiger charge is -2.32. The lowest BCUT2D eigenvalue weighted by Crippen LogP contribution is -2.51. The third-order valence-electron chi connectivity index (χ3n) is 5.51. The van der Waals surface area contributed by atoms with E-state index in [9.17, 15) is 18.0 Å². The lowest BCUT2D eigenvalue weighted by molar-refractivity contribution is -0.139. The molecule has 0 spiro atoms. The molecule has 0 saturated heterocycles. The van der Waals surface area contributed by atoms with Crippen LogP contribution in [0, 0.1) is 0 Å². The van der Waals surface area contributed by atoms with Gasteiger partial charge in [-0.25, -0.2) is 8.42 Å². The zero-order chi connectivity index (χ0) is 25.5. The number of ether oxygens (including phenoxy) is 1. The normalized spacial score (nSPS) is 12.2. The molecule has 2 aromatic carbocycles. The van der Waals surface area contributed by atoms with Gasteiger partial charge in [0.25, 0.3) is 0 Å². The van der Waals surface area contributed by atoms with E-state index in [1.165, 1.54) is 4.90 Å². The molecular weight excluding hydrogens is 454 g/mol. The van der Waals surface area contributed by atoms with E-state index in [0.717, 1.165) is 21.7 Å². The SMILES string of the molecule is CCNC(=O)C(C)N(Cc1cccc(OC)c1)C(=O)CN(c1ccccc1C(C)C)S(C)(=O)=O. The van der Waals surface area contributed by atoms with E-state index in [1.54, 1.807) is 51.3 Å². The molecule has 0 heterocycles. The van der Waals surface area contributed by atoms with E-state index in [1.807, 2.05) is 32.0 Å². The van der Waals surface area contributed by atoms with E-state index < -0.39 is 28.5 Å². The van der Waals surface area contributed by atoms with Crippen LogP contribution in [0.3, 0.4) is 0 Å². The molecule has 34 heavy (non-hydrogen) atoms. The second-order valence-corrected chi connectivity index (χ2v) is 10.3. The quantitative estimate of drug-likeness (QED) is 0.523. The monoisotopic (exact) mass is 489 g/mol. The predicted molar refractivity (Wildman–Crippen MR) is 134 cm³/mol. The number of carbonyl (C=O) groups excluding carboxylic acids is 2. The van der Waals surface area contributed by atoms with Gasteiger partial charge in [0.15, 0.2) is 0 Å². The summed E-state index contributed by atoms with van der Waals surface area (Å²) in [4.78, 5) is 27.6. The molecule has 9 heteroatoms. The number of benzene rings is 2. The average Bonchev–Trinajstić information content (AvgIpc) is 2.79. The molecular formula is C25H35N3O5S. The van der Waals surface area contributed by atoms with Crippen LogP contribution in [0.25, 0.3) is 0 Å². The van der Waals surface area contributed by atoms with Gasteiger partial charge in [-0.15, -0.1) is 0 Å². The van der Waals surface area contributed by atoms with Crippen molar-refractivity contribution in [2.24, 2.45) is 0 Å². The Morgan fingerprint density at radius 3 is 2.32 bits per heavy atom. The molecule has 2 rings (SSSR count). The van der Waals surface area contributed by atoms with Gasteiger partial charge in [-0.05, 0) is 49.1 Å². The second-order valence-electron chi connectivity index (χ2n) is 8.43. The molecule has 0 radical (unpaired) electrons. The summed E-state index contributed by atoms with van der Waals surface area (Å²) in [6.07, 6.45) is 1.08. The van der Waals surface area contributed by atoms with Crippen molar-refractivity contribution in [3.8, 4) is 5.75 Å². The van der Waals surface area contributed by atoms with E-state index in [0.29, 0.717) is 18.0 Å². The highest BCUT2D eigenvalue weighted by Gasteiger charge is 2.31. The summed E-state index contributed by atoms with van der Waals surface area (Å²) in [5, 5.41) is 2.74. The van der Waals surface area contributed by atoms with Crippen molar-refractivity contribution in [2.45, 2.75) is 46.2 Å². The van der Waals surface area contributed by atoms with Crippen molar-refractivity contribution in [3.05, 3.63) is 59.7 Å². The van der Waals surface area contributed by atoms with Crippen molar-refractivity contribution in [3.63, 3.8) is 0 Å². The molecule has 8 nitrogen and oxygen atoms in total. The maximum Gasteiger partial charge on any atom is 0.244 e. The molecule has 2 aromatic rings. The van der Waals surface area contributed by atoms with E-state index in [2.05, 4.69) is 5.32 Å². The number of amides is 2. The van der Waals surface area contributed by atoms with Crippen molar-refractivity contribution >= 4 is 27.5 Å². The van der Waals surface area contributed by atoms with Gasteiger partial charge in [-0.2, -0.15) is 0 Å². The number of carbonyl (C=O) groups is 2. The van der Waals surface area contributed by atoms with Gasteiger partial charge < -0.3 is 15.0 Å². The number of rotatable bonds is 11. The van der Waals surface area contributed by atoms with E-state index >= 15 is 0 Å². The summed E-state index contributed by atoms with van der Waals surface area (Å²) < 4.78 is 31.9. The fourth-order valence-corrected chi connectivity index (χ4v) is 4.54. The van der Waals surface area contributed by atoms with Gasteiger partial charge in [0.05, 0.1) is 19.1 Å². The predicted octanol–water partition coefficient (Wildman–Crippen LogP) is 3.14. The number of anilines is 1. The summed E-state index contributed by atoms with van der Waals surface area (Å²) in [7, 11) is -2.23. The van der Waals surface area contributed by atoms with E-state index in [-0.39, 0.29) is 18.4 Å². The maximum atomic E-state index is 13.6. The Hall–Kier alpha value is -3.07. The van der Waals surface area contributed by atoms with Crippen LogP contribution in [-0.2, 0) is 26.2 Å². The molecule has 2 amide bonds. The Bertz CT molecular complexity index is 1100. The van der Waals surface area contributed by atoms with Crippen molar-refractivity contribution in [2.75, 3.05) is 30.8 Å². The zero-order valence-corrected chi connectivity index (χ0v) is 21.6. The van der Waals surface area contributed by atoms with Crippen molar-refractivity contribution < 1.29 is 22.7 Å². The number of sulfonamides is 1. The lowest BCUT2D eigenvalue weighted by atomic mass is 10.0. The van der Waals surface area contributed by atoms with Crippen LogP contribution in [0.4, 0.5) is 5.69 Å². The smallest absolute Gasteiger partial charge is 0.244 e. The van der Waals surface area contributed by atoms with Crippen LogP contribution >= 0.6 is 0 Å². The molecule has 0 aliphatic rings. The molecule has 186 valence electrons. The Balaban J connectivity index is 2.46. The van der Waals surface area contributed by atoms with Crippen LogP contribution in [-0.4, -0.2) is 57.6 Å². The highest BCUT2D eigenvalue weighted by Crippen LogP contribution is 2.29. The fourth-order valence-electron chi connectivity index (χ4n) is 3.67. The van der Waals surface area contributed by atoms with Crippen LogP contribution in [0.5, 0.6) is 5.75 Å². The van der Waals surface area contributed by atoms with Gasteiger partial charge in [-0.3, -0.25) is 13.9 Å². The number of likely N-dealkylation sites (N-methyl/N-ethyl adjacent to an activating group) is 1. The standard InChI is InChI=1S/C25H35N3O5S/c1-7-26-25(30)19(4)27(16-20-11-10-12-21(15-20)33-5)24(29)17-28(34(6,31)32)23-14-9-8-13-22(23)18(2)3/h8-15,18-19H,7,16-17H2,1-6H3,(H,26,30). The Labute approximate surface area is 202 Å². The minimum Gasteiger partial charge on any atom is -0.497 e.